The highest BCUT2D eigenvalue weighted by molar-refractivity contribution is 5.98. The van der Waals surface area contributed by atoms with Gasteiger partial charge in [0.1, 0.15) is 6.54 Å². The van der Waals surface area contributed by atoms with E-state index in [0.717, 1.165) is 16.7 Å². The molecule has 0 radical (unpaired) electrons. The summed E-state index contributed by atoms with van der Waals surface area (Å²) in [6.45, 7) is 5.86. The average Bonchev–Trinajstić information content (AvgIpc) is 3.02. The summed E-state index contributed by atoms with van der Waals surface area (Å²) in [7, 11) is 0. The van der Waals surface area contributed by atoms with Gasteiger partial charge in [0.05, 0.1) is 0 Å². The summed E-state index contributed by atoms with van der Waals surface area (Å²) >= 11 is 0. The van der Waals surface area contributed by atoms with Gasteiger partial charge >= 0.3 is 0 Å². The predicted molar refractivity (Wildman–Crippen MR) is 96.8 cm³/mol. The van der Waals surface area contributed by atoms with Gasteiger partial charge in [-0.3, -0.25) is 9.59 Å². The molecule has 26 heavy (non-hydrogen) atoms. The lowest BCUT2D eigenvalue weighted by atomic mass is 9.97. The Kier molecular flexibility index (Phi) is 4.62. The highest BCUT2D eigenvalue weighted by atomic mass is 16.1. The van der Waals surface area contributed by atoms with Crippen molar-refractivity contribution in [2.75, 3.05) is 0 Å². The van der Waals surface area contributed by atoms with Crippen LogP contribution in [0.25, 0.3) is 11.4 Å². The van der Waals surface area contributed by atoms with Gasteiger partial charge in [0.15, 0.2) is 5.78 Å². The fourth-order valence-corrected chi connectivity index (χ4v) is 3.04. The zero-order chi connectivity index (χ0) is 18.8. The van der Waals surface area contributed by atoms with Crippen LogP contribution in [0.2, 0.25) is 0 Å². The third-order valence-electron chi connectivity index (χ3n) is 4.12. The molecule has 0 bridgehead atoms. The summed E-state index contributed by atoms with van der Waals surface area (Å²) in [5.74, 6) is -0.179. The molecule has 0 aliphatic heterocycles. The lowest BCUT2D eigenvalue weighted by Crippen LogP contribution is -2.15. The van der Waals surface area contributed by atoms with Crippen molar-refractivity contribution in [2.45, 2.75) is 27.3 Å². The molecular formula is C19H19N5O2. The number of tetrazole rings is 1. The highest BCUT2D eigenvalue weighted by Crippen LogP contribution is 2.18. The second kappa shape index (κ2) is 6.87. The van der Waals surface area contributed by atoms with Crippen LogP contribution in [0, 0.1) is 20.8 Å². The Morgan fingerprint density at radius 3 is 2.23 bits per heavy atom. The number of aryl methyl sites for hydroxylation is 3. The number of nitrogens with zero attached hydrogens (tertiary/aromatic N) is 4. The molecule has 0 saturated carbocycles. The van der Waals surface area contributed by atoms with Gasteiger partial charge in [-0.15, -0.1) is 10.2 Å². The van der Waals surface area contributed by atoms with Gasteiger partial charge < -0.3 is 5.73 Å². The van der Waals surface area contributed by atoms with Crippen LogP contribution >= 0.6 is 0 Å². The number of aromatic nitrogens is 4. The molecule has 1 heterocycles. The first-order valence-corrected chi connectivity index (χ1v) is 8.14. The van der Waals surface area contributed by atoms with Crippen molar-refractivity contribution in [1.82, 2.24) is 20.2 Å². The Bertz CT molecular complexity index is 966. The minimum absolute atomic E-state index is 0.0110. The quantitative estimate of drug-likeness (QED) is 0.712. The summed E-state index contributed by atoms with van der Waals surface area (Å²) in [6, 6.07) is 10.6. The summed E-state index contributed by atoms with van der Waals surface area (Å²) in [5, 5.41) is 12.2. The number of ketones is 1. The van der Waals surface area contributed by atoms with Gasteiger partial charge in [0.25, 0.3) is 0 Å². The van der Waals surface area contributed by atoms with E-state index in [1.54, 1.807) is 24.3 Å². The number of hydrogen-bond donors (Lipinski definition) is 1. The Balaban J connectivity index is 1.80. The van der Waals surface area contributed by atoms with E-state index in [1.165, 1.54) is 4.80 Å². The first-order chi connectivity index (χ1) is 12.3. The number of primary amides is 1. The molecular weight excluding hydrogens is 330 g/mol. The molecule has 132 valence electrons. The lowest BCUT2D eigenvalue weighted by molar-refractivity contribution is 0.0958. The van der Waals surface area contributed by atoms with E-state index in [0.29, 0.717) is 22.5 Å². The van der Waals surface area contributed by atoms with E-state index in [-0.39, 0.29) is 12.3 Å². The van der Waals surface area contributed by atoms with E-state index in [1.807, 2.05) is 32.9 Å². The number of rotatable bonds is 5. The first-order valence-electron chi connectivity index (χ1n) is 8.14. The Hall–Kier alpha value is -3.35. The SMILES string of the molecule is Cc1cc(C)c(C(=O)Cn2nnc(-c3ccc(C(N)=O)cc3)n2)c(C)c1. The number of nitrogens with two attached hydrogens (primary N) is 1. The number of carbonyl (C=O) groups is 2. The maximum absolute atomic E-state index is 12.7. The van der Waals surface area contributed by atoms with Crippen LogP contribution in [0.15, 0.2) is 36.4 Å². The lowest BCUT2D eigenvalue weighted by Gasteiger charge is -2.09. The Morgan fingerprint density at radius 2 is 1.65 bits per heavy atom. The number of hydrogen-bond acceptors (Lipinski definition) is 5. The molecule has 3 rings (SSSR count). The fourth-order valence-electron chi connectivity index (χ4n) is 3.04. The number of carbonyl (C=O) groups excluding carboxylic acids is 2. The molecule has 2 aromatic carbocycles. The van der Waals surface area contributed by atoms with Crippen LogP contribution in [0.3, 0.4) is 0 Å². The molecule has 0 saturated heterocycles. The molecule has 0 fully saturated rings. The van der Waals surface area contributed by atoms with Gasteiger partial charge in [0.2, 0.25) is 11.7 Å². The van der Waals surface area contributed by atoms with E-state index >= 15 is 0 Å². The maximum atomic E-state index is 12.7. The second-order valence-electron chi connectivity index (χ2n) is 6.28. The van der Waals surface area contributed by atoms with Crippen molar-refractivity contribution >= 4 is 11.7 Å². The maximum Gasteiger partial charge on any atom is 0.248 e. The minimum Gasteiger partial charge on any atom is -0.366 e. The van der Waals surface area contributed by atoms with Crippen LogP contribution in [0.1, 0.15) is 37.4 Å². The van der Waals surface area contributed by atoms with E-state index < -0.39 is 5.91 Å². The molecule has 2 N–H and O–H groups in total. The zero-order valence-corrected chi connectivity index (χ0v) is 14.9. The number of Topliss-reactive ketones (excluding diaryl/α,β-unsaturated/α-hetero) is 1. The molecule has 0 aliphatic rings. The van der Waals surface area contributed by atoms with Gasteiger partial charge in [0, 0.05) is 16.7 Å². The number of amides is 1. The highest BCUT2D eigenvalue weighted by Gasteiger charge is 2.16. The van der Waals surface area contributed by atoms with Crippen LogP contribution in [-0.4, -0.2) is 31.9 Å². The van der Waals surface area contributed by atoms with Crippen molar-refractivity contribution in [2.24, 2.45) is 5.73 Å². The predicted octanol–water partition coefficient (Wildman–Crippen LogP) is 2.25. The third-order valence-corrected chi connectivity index (χ3v) is 4.12. The Morgan fingerprint density at radius 1 is 1.04 bits per heavy atom. The summed E-state index contributed by atoms with van der Waals surface area (Å²) in [6.07, 6.45) is 0. The van der Waals surface area contributed by atoms with E-state index in [9.17, 15) is 9.59 Å². The van der Waals surface area contributed by atoms with Gasteiger partial charge in [-0.1, -0.05) is 29.8 Å². The number of benzene rings is 2. The standard InChI is InChI=1S/C19H19N5O2/c1-11-8-12(2)17(13(3)9-11)16(25)10-24-22-19(21-23-24)15-6-4-14(5-7-15)18(20)26/h4-9H,10H2,1-3H3,(H2,20,26). The minimum atomic E-state index is -0.498. The van der Waals surface area contributed by atoms with Crippen molar-refractivity contribution in [3.05, 3.63) is 64.2 Å². The topological polar surface area (TPSA) is 104 Å². The van der Waals surface area contributed by atoms with Crippen LogP contribution in [0.4, 0.5) is 0 Å². The van der Waals surface area contributed by atoms with Crippen LogP contribution in [-0.2, 0) is 6.54 Å². The van der Waals surface area contributed by atoms with Crippen molar-refractivity contribution in [3.63, 3.8) is 0 Å². The summed E-state index contributed by atoms with van der Waals surface area (Å²) in [4.78, 5) is 25.1. The summed E-state index contributed by atoms with van der Waals surface area (Å²) in [5.41, 5.74) is 10.0. The average molecular weight is 349 g/mol. The monoisotopic (exact) mass is 349 g/mol. The molecule has 1 amide bonds. The van der Waals surface area contributed by atoms with E-state index in [2.05, 4.69) is 15.4 Å². The van der Waals surface area contributed by atoms with Gasteiger partial charge in [-0.2, -0.15) is 4.80 Å². The first kappa shape index (κ1) is 17.5. The molecule has 0 aliphatic carbocycles. The van der Waals surface area contributed by atoms with Crippen molar-refractivity contribution in [1.29, 1.82) is 0 Å². The third kappa shape index (κ3) is 3.51. The van der Waals surface area contributed by atoms with Crippen LogP contribution in [0.5, 0.6) is 0 Å². The van der Waals surface area contributed by atoms with Crippen molar-refractivity contribution < 1.29 is 9.59 Å². The zero-order valence-electron chi connectivity index (χ0n) is 14.9. The molecule has 1 aromatic heterocycles. The molecule has 7 heteroatoms. The molecule has 3 aromatic rings. The van der Waals surface area contributed by atoms with Crippen LogP contribution < -0.4 is 5.73 Å². The van der Waals surface area contributed by atoms with Gasteiger partial charge in [-0.25, -0.2) is 0 Å². The normalized spacial score (nSPS) is 10.7. The molecule has 0 spiro atoms. The smallest absolute Gasteiger partial charge is 0.248 e. The van der Waals surface area contributed by atoms with Gasteiger partial charge in [-0.05, 0) is 49.2 Å². The van der Waals surface area contributed by atoms with E-state index in [4.69, 9.17) is 5.73 Å². The largest absolute Gasteiger partial charge is 0.366 e. The molecule has 7 nitrogen and oxygen atoms in total. The molecule has 0 unspecified atom stereocenters. The Labute approximate surface area is 150 Å². The second-order valence-corrected chi connectivity index (χ2v) is 6.28. The summed E-state index contributed by atoms with van der Waals surface area (Å²) < 4.78 is 0. The fraction of sp³-hybridized carbons (Fsp3) is 0.211. The van der Waals surface area contributed by atoms with Crippen molar-refractivity contribution in [3.8, 4) is 11.4 Å². The molecule has 0 atom stereocenters.